The van der Waals surface area contributed by atoms with E-state index in [1.165, 1.54) is 6.07 Å². The second-order valence-electron chi connectivity index (χ2n) is 4.62. The Balaban J connectivity index is 2.25. The summed E-state index contributed by atoms with van der Waals surface area (Å²) < 4.78 is 5.05. The molecule has 0 radical (unpaired) electrons. The maximum atomic E-state index is 12.1. The van der Waals surface area contributed by atoms with E-state index < -0.39 is 17.4 Å². The average Bonchev–Trinajstić information content (AvgIpc) is 2.82. The molecule has 0 bridgehead atoms. The standard InChI is InChI=1S/C13H15NO5/c1-8-3-2-4-9(10(8)15)11(16)14-13(12(17)18)5-6-19-7-13/h2-4,15H,5-7H2,1H3,(H,14,16)(H,17,18). The fourth-order valence-corrected chi connectivity index (χ4v) is 2.01. The van der Waals surface area contributed by atoms with Crippen molar-refractivity contribution in [1.29, 1.82) is 0 Å². The van der Waals surface area contributed by atoms with Gasteiger partial charge in [0.05, 0.1) is 12.2 Å². The van der Waals surface area contributed by atoms with Crippen molar-refractivity contribution in [2.45, 2.75) is 18.9 Å². The number of para-hydroxylation sites is 1. The lowest BCUT2D eigenvalue weighted by Crippen LogP contribution is -2.55. The van der Waals surface area contributed by atoms with Crippen molar-refractivity contribution in [2.75, 3.05) is 13.2 Å². The van der Waals surface area contributed by atoms with E-state index in [2.05, 4.69) is 5.32 Å². The molecule has 19 heavy (non-hydrogen) atoms. The quantitative estimate of drug-likeness (QED) is 0.746. The van der Waals surface area contributed by atoms with Crippen LogP contribution in [0.1, 0.15) is 22.3 Å². The molecule has 2 rings (SSSR count). The van der Waals surface area contributed by atoms with Gasteiger partial charge in [0.15, 0.2) is 5.54 Å². The van der Waals surface area contributed by atoms with Crippen molar-refractivity contribution in [3.63, 3.8) is 0 Å². The number of nitrogens with one attached hydrogen (secondary N) is 1. The van der Waals surface area contributed by atoms with Crippen LogP contribution in [0.2, 0.25) is 0 Å². The van der Waals surface area contributed by atoms with Crippen molar-refractivity contribution >= 4 is 11.9 Å². The molecule has 1 saturated heterocycles. The van der Waals surface area contributed by atoms with Crippen LogP contribution >= 0.6 is 0 Å². The minimum absolute atomic E-state index is 0.0625. The van der Waals surface area contributed by atoms with E-state index in [1.807, 2.05) is 0 Å². The number of aromatic hydroxyl groups is 1. The molecule has 1 aliphatic heterocycles. The predicted molar refractivity (Wildman–Crippen MR) is 66.1 cm³/mol. The molecule has 1 aromatic carbocycles. The molecule has 102 valence electrons. The third-order valence-electron chi connectivity index (χ3n) is 3.27. The molecule has 1 aliphatic rings. The number of carbonyl (C=O) groups excluding carboxylic acids is 1. The van der Waals surface area contributed by atoms with E-state index >= 15 is 0 Å². The van der Waals surface area contributed by atoms with Crippen LogP contribution in [0, 0.1) is 6.92 Å². The number of phenolic OH excluding ortho intramolecular Hbond substituents is 1. The van der Waals surface area contributed by atoms with Crippen LogP contribution in [0.3, 0.4) is 0 Å². The first kappa shape index (κ1) is 13.4. The Morgan fingerprint density at radius 1 is 1.42 bits per heavy atom. The first-order valence-corrected chi connectivity index (χ1v) is 5.88. The highest BCUT2D eigenvalue weighted by molar-refractivity contribution is 6.00. The van der Waals surface area contributed by atoms with Gasteiger partial charge in [0.2, 0.25) is 0 Å². The Morgan fingerprint density at radius 3 is 2.74 bits per heavy atom. The highest BCUT2D eigenvalue weighted by atomic mass is 16.5. The number of hydrogen-bond acceptors (Lipinski definition) is 4. The smallest absolute Gasteiger partial charge is 0.331 e. The van der Waals surface area contributed by atoms with Crippen molar-refractivity contribution in [2.24, 2.45) is 0 Å². The zero-order valence-electron chi connectivity index (χ0n) is 10.5. The van der Waals surface area contributed by atoms with Gasteiger partial charge in [-0.2, -0.15) is 0 Å². The fourth-order valence-electron chi connectivity index (χ4n) is 2.01. The van der Waals surface area contributed by atoms with Gasteiger partial charge in [-0.1, -0.05) is 12.1 Å². The van der Waals surface area contributed by atoms with E-state index in [9.17, 15) is 19.8 Å². The summed E-state index contributed by atoms with van der Waals surface area (Å²) in [5.74, 6) is -1.89. The molecule has 1 heterocycles. The van der Waals surface area contributed by atoms with Crippen LogP contribution in [0.25, 0.3) is 0 Å². The molecule has 1 atom stereocenters. The highest BCUT2D eigenvalue weighted by Gasteiger charge is 2.44. The summed E-state index contributed by atoms with van der Waals surface area (Å²) in [5.41, 5.74) is -0.792. The first-order valence-electron chi connectivity index (χ1n) is 5.88. The second-order valence-corrected chi connectivity index (χ2v) is 4.62. The minimum Gasteiger partial charge on any atom is -0.507 e. The average molecular weight is 265 g/mol. The number of ether oxygens (including phenoxy) is 1. The molecular weight excluding hydrogens is 250 g/mol. The Kier molecular flexibility index (Phi) is 3.44. The van der Waals surface area contributed by atoms with E-state index in [0.29, 0.717) is 5.56 Å². The maximum Gasteiger partial charge on any atom is 0.331 e. The Morgan fingerprint density at radius 2 is 2.16 bits per heavy atom. The van der Waals surface area contributed by atoms with Crippen LogP contribution in [-0.2, 0) is 9.53 Å². The molecule has 1 amide bonds. The van der Waals surface area contributed by atoms with Gasteiger partial charge in [0, 0.05) is 13.0 Å². The van der Waals surface area contributed by atoms with Crippen molar-refractivity contribution in [3.8, 4) is 5.75 Å². The number of phenols is 1. The molecule has 0 aromatic heterocycles. The predicted octanol–water partition coefficient (Wildman–Crippen LogP) is 0.674. The molecule has 1 aromatic rings. The van der Waals surface area contributed by atoms with Gasteiger partial charge in [0.1, 0.15) is 5.75 Å². The number of aliphatic carboxylic acids is 1. The first-order chi connectivity index (χ1) is 8.96. The highest BCUT2D eigenvalue weighted by Crippen LogP contribution is 2.24. The van der Waals surface area contributed by atoms with E-state index in [-0.39, 0.29) is 30.9 Å². The van der Waals surface area contributed by atoms with Crippen LogP contribution in [0.5, 0.6) is 5.75 Å². The number of rotatable bonds is 3. The molecule has 0 spiro atoms. The minimum atomic E-state index is -1.41. The summed E-state index contributed by atoms with van der Waals surface area (Å²) in [6.45, 7) is 1.88. The monoisotopic (exact) mass is 265 g/mol. The number of benzene rings is 1. The summed E-state index contributed by atoms with van der Waals surface area (Å²) in [5, 5.41) is 21.5. The van der Waals surface area contributed by atoms with Gasteiger partial charge in [0.25, 0.3) is 5.91 Å². The number of carboxylic acids is 1. The Bertz CT molecular complexity index is 520. The van der Waals surface area contributed by atoms with Crippen molar-refractivity contribution < 1.29 is 24.5 Å². The summed E-state index contributed by atoms with van der Waals surface area (Å²) >= 11 is 0. The normalized spacial score (nSPS) is 22.2. The SMILES string of the molecule is Cc1cccc(C(=O)NC2(C(=O)O)CCOC2)c1O. The molecule has 6 heteroatoms. The number of hydrogen-bond donors (Lipinski definition) is 3. The van der Waals surface area contributed by atoms with Gasteiger partial charge >= 0.3 is 5.97 Å². The van der Waals surface area contributed by atoms with Gasteiger partial charge in [-0.3, -0.25) is 4.79 Å². The summed E-state index contributed by atoms with van der Waals surface area (Å²) in [6, 6.07) is 4.74. The third kappa shape index (κ3) is 2.39. The fraction of sp³-hybridized carbons (Fsp3) is 0.385. The van der Waals surface area contributed by atoms with Gasteiger partial charge in [-0.25, -0.2) is 4.79 Å². The number of carboxylic acid groups (broad SMARTS) is 1. The summed E-state index contributed by atoms with van der Waals surface area (Å²) in [6.07, 6.45) is 0.209. The zero-order chi connectivity index (χ0) is 14.0. The van der Waals surface area contributed by atoms with E-state index in [0.717, 1.165) is 0 Å². The van der Waals surface area contributed by atoms with Crippen molar-refractivity contribution in [3.05, 3.63) is 29.3 Å². The summed E-state index contributed by atoms with van der Waals surface area (Å²) in [4.78, 5) is 23.4. The second kappa shape index (κ2) is 4.89. The molecule has 6 nitrogen and oxygen atoms in total. The molecule has 1 fully saturated rings. The molecule has 1 unspecified atom stereocenters. The number of amides is 1. The zero-order valence-corrected chi connectivity index (χ0v) is 10.5. The topological polar surface area (TPSA) is 95.9 Å². The summed E-state index contributed by atoms with van der Waals surface area (Å²) in [7, 11) is 0. The Hall–Kier alpha value is -2.08. The molecule has 3 N–H and O–H groups in total. The van der Waals surface area contributed by atoms with E-state index in [1.54, 1.807) is 19.1 Å². The molecule has 0 saturated carbocycles. The number of carbonyl (C=O) groups is 2. The lowest BCUT2D eigenvalue weighted by Gasteiger charge is -2.24. The van der Waals surface area contributed by atoms with Crippen LogP contribution < -0.4 is 5.32 Å². The van der Waals surface area contributed by atoms with Crippen LogP contribution in [-0.4, -0.2) is 40.8 Å². The van der Waals surface area contributed by atoms with Gasteiger partial charge < -0.3 is 20.3 Å². The lowest BCUT2D eigenvalue weighted by atomic mass is 9.98. The van der Waals surface area contributed by atoms with Gasteiger partial charge in [-0.05, 0) is 18.6 Å². The molecular formula is C13H15NO5. The number of aryl methyl sites for hydroxylation is 1. The third-order valence-corrected chi connectivity index (χ3v) is 3.27. The van der Waals surface area contributed by atoms with Crippen molar-refractivity contribution in [1.82, 2.24) is 5.32 Å². The van der Waals surface area contributed by atoms with Crippen LogP contribution in [0.15, 0.2) is 18.2 Å². The largest absolute Gasteiger partial charge is 0.507 e. The van der Waals surface area contributed by atoms with Crippen LogP contribution in [0.4, 0.5) is 0 Å². The van der Waals surface area contributed by atoms with Gasteiger partial charge in [-0.15, -0.1) is 0 Å². The Labute approximate surface area is 110 Å². The molecule has 0 aliphatic carbocycles. The lowest BCUT2D eigenvalue weighted by molar-refractivity contribution is -0.144. The maximum absolute atomic E-state index is 12.1. The van der Waals surface area contributed by atoms with E-state index in [4.69, 9.17) is 4.74 Å².